The SMILES string of the molecule is COc1ccc(C(C)(C)[C@@H]2[C@@H](CC(=O)N3CCC[C@H]3CO)O[C@]3(C(=O)N(Cc4ccc(N5CCCCC5=O)cc4)c4ccc(N5CCCCC5=O)cc43)[C@H]2C)cc1. The molecule has 1 N–H and O–H groups in total. The fourth-order valence-corrected chi connectivity index (χ4v) is 10.6. The summed E-state index contributed by atoms with van der Waals surface area (Å²) in [5.41, 5.74) is 2.99. The third-order valence-electron chi connectivity index (χ3n) is 13.7. The maximum Gasteiger partial charge on any atom is 0.264 e. The zero-order valence-corrected chi connectivity index (χ0v) is 33.7. The maximum atomic E-state index is 15.5. The monoisotopic (exact) mass is 776 g/mol. The predicted molar refractivity (Wildman–Crippen MR) is 218 cm³/mol. The second-order valence-corrected chi connectivity index (χ2v) is 17.2. The van der Waals surface area contributed by atoms with E-state index in [1.165, 1.54) is 0 Å². The van der Waals surface area contributed by atoms with Crippen molar-refractivity contribution in [3.8, 4) is 5.75 Å². The summed E-state index contributed by atoms with van der Waals surface area (Å²) in [5, 5.41) is 10.1. The Hall–Kier alpha value is -4.74. The average Bonchev–Trinajstić information content (AvgIpc) is 3.89. The normalized spacial score (nSPS) is 26.5. The van der Waals surface area contributed by atoms with E-state index < -0.39 is 23.0 Å². The third kappa shape index (κ3) is 6.80. The number of hydrogen-bond acceptors (Lipinski definition) is 7. The Morgan fingerprint density at radius 3 is 2.14 bits per heavy atom. The molecule has 4 fully saturated rings. The van der Waals surface area contributed by atoms with Gasteiger partial charge in [0.1, 0.15) is 5.75 Å². The van der Waals surface area contributed by atoms with Crippen LogP contribution in [0.5, 0.6) is 5.75 Å². The van der Waals surface area contributed by atoms with E-state index in [-0.39, 0.29) is 55.2 Å². The summed E-state index contributed by atoms with van der Waals surface area (Å²) >= 11 is 0. The van der Waals surface area contributed by atoms with Gasteiger partial charge in [-0.2, -0.15) is 0 Å². The molecule has 302 valence electrons. The lowest BCUT2D eigenvalue weighted by Gasteiger charge is -2.39. The minimum absolute atomic E-state index is 0.0649. The summed E-state index contributed by atoms with van der Waals surface area (Å²) in [7, 11) is 1.64. The van der Waals surface area contributed by atoms with E-state index in [1.54, 1.807) is 16.9 Å². The van der Waals surface area contributed by atoms with Crippen molar-refractivity contribution < 1.29 is 33.8 Å². The number of amides is 4. The highest BCUT2D eigenvalue weighted by Gasteiger charge is 2.66. The van der Waals surface area contributed by atoms with E-state index in [9.17, 15) is 19.5 Å². The Bertz CT molecular complexity index is 2020. The highest BCUT2D eigenvalue weighted by Crippen LogP contribution is 2.60. The van der Waals surface area contributed by atoms with Crippen LogP contribution in [-0.4, -0.2) is 79.1 Å². The van der Waals surface area contributed by atoms with E-state index in [1.807, 2.05) is 64.4 Å². The van der Waals surface area contributed by atoms with E-state index in [0.717, 1.165) is 72.5 Å². The molecule has 0 bridgehead atoms. The summed E-state index contributed by atoms with van der Waals surface area (Å²) < 4.78 is 12.8. The largest absolute Gasteiger partial charge is 0.497 e. The quantitative estimate of drug-likeness (QED) is 0.251. The van der Waals surface area contributed by atoms with Crippen LogP contribution in [0.15, 0.2) is 66.7 Å². The lowest BCUT2D eigenvalue weighted by molar-refractivity contribution is -0.150. The Labute approximate surface area is 335 Å². The maximum absolute atomic E-state index is 15.5. The zero-order chi connectivity index (χ0) is 40.1. The zero-order valence-electron chi connectivity index (χ0n) is 33.7. The van der Waals surface area contributed by atoms with Gasteiger partial charge in [-0.3, -0.25) is 19.2 Å². The van der Waals surface area contributed by atoms with Gasteiger partial charge in [-0.25, -0.2) is 0 Å². The summed E-state index contributed by atoms with van der Waals surface area (Å²) in [6.45, 7) is 8.49. The lowest BCUT2D eigenvalue weighted by Crippen LogP contribution is -2.46. The van der Waals surface area contributed by atoms with Crippen molar-refractivity contribution in [3.05, 3.63) is 83.4 Å². The number of carbonyl (C=O) groups excluding carboxylic acids is 4. The van der Waals surface area contributed by atoms with Gasteiger partial charge in [-0.05, 0) is 97.5 Å². The van der Waals surface area contributed by atoms with E-state index in [4.69, 9.17) is 9.47 Å². The molecule has 4 saturated heterocycles. The standard InChI is InChI=1S/C46H56N4O7/c1-30-43(45(2,3)32-15-20-36(56-4)21-16-32)39(27-42(54)49-25-9-10-35(49)29-51)57-46(30)37-26-34(48-24-8-6-12-41(48)53)19-22-38(37)50(44(46)55)28-31-13-17-33(18-14-31)47-23-7-5-11-40(47)52/h13-22,26,30,35,39,43,51H,5-12,23-25,27-29H2,1-4H3/t30-,35-,39+,43-,46+/m0/s1. The number of nitrogens with zero attached hydrogens (tertiary/aromatic N) is 4. The van der Waals surface area contributed by atoms with E-state index in [0.29, 0.717) is 38.0 Å². The smallest absolute Gasteiger partial charge is 0.264 e. The fourth-order valence-electron chi connectivity index (χ4n) is 10.6. The van der Waals surface area contributed by atoms with Gasteiger partial charge in [0.25, 0.3) is 5.91 Å². The molecule has 0 radical (unpaired) electrons. The highest BCUT2D eigenvalue weighted by molar-refractivity contribution is 6.08. The number of methoxy groups -OCH3 is 1. The van der Waals surface area contributed by atoms with E-state index in [2.05, 4.69) is 32.9 Å². The van der Waals surface area contributed by atoms with Crippen LogP contribution < -0.4 is 19.4 Å². The van der Waals surface area contributed by atoms with Gasteiger partial charge in [0, 0.05) is 61.2 Å². The Morgan fingerprint density at radius 2 is 1.51 bits per heavy atom. The molecular formula is C46H56N4O7. The minimum atomic E-state index is -1.44. The third-order valence-corrected chi connectivity index (χ3v) is 13.7. The minimum Gasteiger partial charge on any atom is -0.497 e. The summed E-state index contributed by atoms with van der Waals surface area (Å²) in [6.07, 6.45) is 5.68. The molecule has 5 aliphatic rings. The molecule has 0 saturated carbocycles. The van der Waals surface area contributed by atoms with Crippen LogP contribution >= 0.6 is 0 Å². The number of aliphatic hydroxyl groups excluding tert-OH is 1. The number of aliphatic hydroxyl groups is 1. The second kappa shape index (κ2) is 15.5. The number of fused-ring (bicyclic) bond motifs is 2. The summed E-state index contributed by atoms with van der Waals surface area (Å²) in [4.78, 5) is 62.9. The molecule has 5 atom stereocenters. The van der Waals surface area contributed by atoms with Crippen molar-refractivity contribution in [3.63, 3.8) is 0 Å². The van der Waals surface area contributed by atoms with Gasteiger partial charge < -0.3 is 34.2 Å². The van der Waals surface area contributed by atoms with Crippen LogP contribution in [0.3, 0.4) is 0 Å². The Morgan fingerprint density at radius 1 is 0.860 bits per heavy atom. The highest BCUT2D eigenvalue weighted by atomic mass is 16.5. The molecule has 0 unspecified atom stereocenters. The number of piperidine rings is 2. The van der Waals surface area contributed by atoms with Crippen molar-refractivity contribution in [2.24, 2.45) is 11.8 Å². The molecule has 57 heavy (non-hydrogen) atoms. The number of carbonyl (C=O) groups is 4. The molecule has 0 aromatic heterocycles. The van der Waals surface area contributed by atoms with Crippen molar-refractivity contribution in [1.29, 1.82) is 0 Å². The molecular weight excluding hydrogens is 721 g/mol. The van der Waals surface area contributed by atoms with E-state index >= 15 is 4.79 Å². The van der Waals surface area contributed by atoms with Crippen molar-refractivity contribution >= 4 is 40.7 Å². The van der Waals surface area contributed by atoms with Gasteiger partial charge in [0.05, 0.1) is 44.5 Å². The van der Waals surface area contributed by atoms with Crippen LogP contribution in [0.1, 0.15) is 95.2 Å². The van der Waals surface area contributed by atoms with Gasteiger partial charge >= 0.3 is 0 Å². The lowest BCUT2D eigenvalue weighted by atomic mass is 9.63. The first-order chi connectivity index (χ1) is 27.5. The van der Waals surface area contributed by atoms with Crippen LogP contribution in [0.4, 0.5) is 17.1 Å². The Kier molecular flexibility index (Phi) is 10.7. The molecule has 3 aromatic rings. The molecule has 11 heteroatoms. The van der Waals surface area contributed by atoms with Crippen molar-refractivity contribution in [2.75, 3.05) is 48.1 Å². The molecule has 8 rings (SSSR count). The summed E-state index contributed by atoms with van der Waals surface area (Å²) in [6, 6.07) is 21.5. The fraction of sp³-hybridized carbons (Fsp3) is 0.522. The molecule has 4 amide bonds. The molecule has 1 spiro atoms. The second-order valence-electron chi connectivity index (χ2n) is 17.2. The predicted octanol–water partition coefficient (Wildman–Crippen LogP) is 6.47. The molecule has 5 aliphatic heterocycles. The van der Waals surface area contributed by atoms with Crippen LogP contribution in [0.2, 0.25) is 0 Å². The van der Waals surface area contributed by atoms with Crippen molar-refractivity contribution in [1.82, 2.24) is 4.90 Å². The van der Waals surface area contributed by atoms with Gasteiger partial charge in [0.15, 0.2) is 5.60 Å². The van der Waals surface area contributed by atoms with Crippen LogP contribution in [-0.2, 0) is 41.5 Å². The van der Waals surface area contributed by atoms with Crippen molar-refractivity contribution in [2.45, 2.75) is 108 Å². The number of benzene rings is 3. The Balaban J connectivity index is 1.21. The van der Waals surface area contributed by atoms with Gasteiger partial charge in [-0.15, -0.1) is 0 Å². The number of hydrogen-bond donors (Lipinski definition) is 1. The van der Waals surface area contributed by atoms with Crippen LogP contribution in [0.25, 0.3) is 0 Å². The number of anilines is 3. The summed E-state index contributed by atoms with van der Waals surface area (Å²) in [5.74, 6) is -0.0227. The molecule has 3 aromatic carbocycles. The first-order valence-electron chi connectivity index (χ1n) is 20.9. The number of ether oxygens (including phenoxy) is 2. The average molecular weight is 777 g/mol. The van der Waals surface area contributed by atoms with Gasteiger partial charge in [0.2, 0.25) is 17.7 Å². The molecule has 0 aliphatic carbocycles. The first kappa shape index (κ1) is 39.1. The first-order valence-corrected chi connectivity index (χ1v) is 20.9. The number of rotatable bonds is 10. The molecule has 11 nitrogen and oxygen atoms in total. The topological polar surface area (TPSA) is 120 Å². The van der Waals surface area contributed by atoms with Gasteiger partial charge in [-0.1, -0.05) is 45.0 Å². The van der Waals surface area contributed by atoms with Crippen LogP contribution in [0, 0.1) is 11.8 Å². The number of likely N-dealkylation sites (tertiary alicyclic amines) is 1. The molecule has 5 heterocycles.